The van der Waals surface area contributed by atoms with Crippen molar-refractivity contribution in [2.45, 2.75) is 39.7 Å². The lowest BCUT2D eigenvalue weighted by Crippen LogP contribution is -2.27. The van der Waals surface area contributed by atoms with Gasteiger partial charge in [-0.15, -0.1) is 0 Å². The summed E-state index contributed by atoms with van der Waals surface area (Å²) in [6.45, 7) is 7.66. The Morgan fingerprint density at radius 1 is 1.33 bits per heavy atom. The molecule has 0 aliphatic heterocycles. The highest BCUT2D eigenvalue weighted by atomic mass is 16.5. The molecule has 0 atom stereocenters. The van der Waals surface area contributed by atoms with E-state index in [1.807, 2.05) is 32.0 Å². The molecule has 0 saturated heterocycles. The molecular weight excluding hydrogens is 188 g/mol. The molecule has 0 amide bonds. The van der Waals surface area contributed by atoms with Crippen LogP contribution in [0.1, 0.15) is 44.5 Å². The van der Waals surface area contributed by atoms with Gasteiger partial charge < -0.3 is 4.74 Å². The van der Waals surface area contributed by atoms with Crippen molar-refractivity contribution in [2.75, 3.05) is 0 Å². The Hall–Kier alpha value is -1.31. The largest absolute Gasteiger partial charge is 0.487 e. The molecule has 15 heavy (non-hydrogen) atoms. The molecule has 1 aromatic rings. The van der Waals surface area contributed by atoms with Crippen molar-refractivity contribution in [1.82, 2.24) is 0 Å². The molecule has 1 aromatic carbocycles. The molecule has 0 bridgehead atoms. The molecule has 0 radical (unpaired) electrons. The number of hydrogen-bond donors (Lipinski definition) is 0. The highest BCUT2D eigenvalue weighted by Gasteiger charge is 2.19. The predicted octanol–water partition coefficient (Wildman–Crippen LogP) is 3.46. The minimum Gasteiger partial charge on any atom is -0.487 e. The summed E-state index contributed by atoms with van der Waals surface area (Å²) in [6.07, 6.45) is 0.902. The Labute approximate surface area is 91.3 Å². The van der Waals surface area contributed by atoms with Crippen LogP contribution in [-0.4, -0.2) is 11.4 Å². The zero-order valence-corrected chi connectivity index (χ0v) is 9.83. The van der Waals surface area contributed by atoms with Gasteiger partial charge in [0, 0.05) is 0 Å². The van der Waals surface area contributed by atoms with Crippen molar-refractivity contribution in [3.8, 4) is 5.75 Å². The van der Waals surface area contributed by atoms with E-state index >= 15 is 0 Å². The van der Waals surface area contributed by atoms with E-state index in [1.165, 1.54) is 0 Å². The van der Waals surface area contributed by atoms with Crippen molar-refractivity contribution >= 4 is 5.78 Å². The van der Waals surface area contributed by atoms with E-state index in [2.05, 4.69) is 6.92 Å². The Bertz CT molecular complexity index is 353. The van der Waals surface area contributed by atoms with Gasteiger partial charge in [-0.1, -0.05) is 19.1 Å². The van der Waals surface area contributed by atoms with Crippen LogP contribution in [0.3, 0.4) is 0 Å². The summed E-state index contributed by atoms with van der Waals surface area (Å²) in [5, 5.41) is 0. The highest BCUT2D eigenvalue weighted by molar-refractivity contribution is 5.96. The molecule has 0 N–H and O–H groups in total. The molecule has 0 aliphatic rings. The lowest BCUT2D eigenvalue weighted by atomic mass is 10.1. The first-order chi connectivity index (χ1) is 6.96. The van der Waals surface area contributed by atoms with Gasteiger partial charge in [0.2, 0.25) is 0 Å². The van der Waals surface area contributed by atoms with Gasteiger partial charge in [-0.05, 0) is 39.3 Å². The van der Waals surface area contributed by atoms with Crippen LogP contribution in [0.5, 0.6) is 5.75 Å². The number of carbonyl (C=O) groups excluding carboxylic acids is 1. The molecule has 82 valence electrons. The van der Waals surface area contributed by atoms with Crippen LogP contribution in [0, 0.1) is 0 Å². The van der Waals surface area contributed by atoms with Crippen molar-refractivity contribution in [3.05, 3.63) is 29.8 Å². The predicted molar refractivity (Wildman–Crippen MR) is 61.4 cm³/mol. The summed E-state index contributed by atoms with van der Waals surface area (Å²) >= 11 is 0. The van der Waals surface area contributed by atoms with E-state index in [0.717, 1.165) is 6.42 Å². The average Bonchev–Trinajstić information content (AvgIpc) is 2.18. The van der Waals surface area contributed by atoms with Crippen LogP contribution < -0.4 is 4.74 Å². The van der Waals surface area contributed by atoms with Gasteiger partial charge in [-0.3, -0.25) is 4.79 Å². The van der Waals surface area contributed by atoms with Gasteiger partial charge in [-0.25, -0.2) is 0 Å². The van der Waals surface area contributed by atoms with Crippen molar-refractivity contribution < 1.29 is 9.53 Å². The third-order valence-corrected chi connectivity index (χ3v) is 2.50. The molecular formula is C13H18O2. The van der Waals surface area contributed by atoms with E-state index in [0.29, 0.717) is 11.3 Å². The van der Waals surface area contributed by atoms with Gasteiger partial charge in [0.25, 0.3) is 0 Å². The summed E-state index contributed by atoms with van der Waals surface area (Å²) in [7, 11) is 0. The topological polar surface area (TPSA) is 26.3 Å². The van der Waals surface area contributed by atoms with Crippen LogP contribution in [0.25, 0.3) is 0 Å². The number of Topliss-reactive ketones (excluding diaryl/α,β-unsaturated/α-hetero) is 1. The van der Waals surface area contributed by atoms with Crippen molar-refractivity contribution in [1.29, 1.82) is 0 Å². The first kappa shape index (κ1) is 11.8. The summed E-state index contributed by atoms with van der Waals surface area (Å²) in [6, 6.07) is 7.37. The fourth-order valence-corrected chi connectivity index (χ4v) is 1.22. The van der Waals surface area contributed by atoms with Gasteiger partial charge in [0.15, 0.2) is 5.78 Å². The second-order valence-corrected chi connectivity index (χ2v) is 4.27. The Kier molecular flexibility index (Phi) is 3.51. The molecule has 0 aromatic heterocycles. The molecule has 0 heterocycles. The number of ether oxygens (including phenoxy) is 1. The first-order valence-electron chi connectivity index (χ1n) is 5.25. The molecule has 2 nitrogen and oxygen atoms in total. The van der Waals surface area contributed by atoms with Crippen LogP contribution in [0.15, 0.2) is 24.3 Å². The molecule has 2 heteroatoms. The minimum absolute atomic E-state index is 0.0394. The maximum Gasteiger partial charge on any atom is 0.163 e. The number of rotatable bonds is 4. The summed E-state index contributed by atoms with van der Waals surface area (Å²) in [4.78, 5) is 11.4. The van der Waals surface area contributed by atoms with Gasteiger partial charge >= 0.3 is 0 Å². The highest BCUT2D eigenvalue weighted by Crippen LogP contribution is 2.24. The third-order valence-electron chi connectivity index (χ3n) is 2.50. The maximum atomic E-state index is 11.4. The second kappa shape index (κ2) is 4.47. The van der Waals surface area contributed by atoms with E-state index < -0.39 is 0 Å². The second-order valence-electron chi connectivity index (χ2n) is 4.27. The SMILES string of the molecule is CCC(C)(C)Oc1ccccc1C(C)=O. The molecule has 0 spiro atoms. The lowest BCUT2D eigenvalue weighted by molar-refractivity contribution is 0.0947. The Balaban J connectivity index is 2.99. The monoisotopic (exact) mass is 206 g/mol. The standard InChI is InChI=1S/C13H18O2/c1-5-13(3,4)15-12-9-7-6-8-11(12)10(2)14/h6-9H,5H2,1-4H3. The van der Waals surface area contributed by atoms with Crippen molar-refractivity contribution in [2.24, 2.45) is 0 Å². The fourth-order valence-electron chi connectivity index (χ4n) is 1.22. The molecule has 1 rings (SSSR count). The number of para-hydroxylation sites is 1. The van der Waals surface area contributed by atoms with Gasteiger partial charge in [0.1, 0.15) is 11.4 Å². The van der Waals surface area contributed by atoms with Gasteiger partial charge in [0.05, 0.1) is 5.56 Å². The van der Waals surface area contributed by atoms with E-state index in [4.69, 9.17) is 4.74 Å². The normalized spacial score (nSPS) is 11.2. The zero-order valence-electron chi connectivity index (χ0n) is 9.83. The lowest BCUT2D eigenvalue weighted by Gasteiger charge is -2.25. The number of carbonyl (C=O) groups is 1. The van der Waals surface area contributed by atoms with Crippen LogP contribution in [0.2, 0.25) is 0 Å². The number of benzene rings is 1. The third kappa shape index (κ3) is 3.08. The van der Waals surface area contributed by atoms with Gasteiger partial charge in [-0.2, -0.15) is 0 Å². The number of hydrogen-bond acceptors (Lipinski definition) is 2. The smallest absolute Gasteiger partial charge is 0.163 e. The van der Waals surface area contributed by atoms with E-state index in [9.17, 15) is 4.79 Å². The maximum absolute atomic E-state index is 11.4. The number of ketones is 1. The quantitative estimate of drug-likeness (QED) is 0.705. The Morgan fingerprint density at radius 2 is 1.93 bits per heavy atom. The molecule has 0 saturated carbocycles. The Morgan fingerprint density at radius 3 is 2.47 bits per heavy atom. The zero-order chi connectivity index (χ0) is 11.5. The van der Waals surface area contributed by atoms with Crippen LogP contribution >= 0.6 is 0 Å². The van der Waals surface area contributed by atoms with E-state index in [1.54, 1.807) is 13.0 Å². The molecule has 0 aliphatic carbocycles. The minimum atomic E-state index is -0.231. The average molecular weight is 206 g/mol. The molecule has 0 unspecified atom stereocenters. The van der Waals surface area contributed by atoms with Crippen LogP contribution in [0.4, 0.5) is 0 Å². The fraction of sp³-hybridized carbons (Fsp3) is 0.462. The summed E-state index contributed by atoms with van der Waals surface area (Å²) in [5.74, 6) is 0.717. The first-order valence-corrected chi connectivity index (χ1v) is 5.25. The molecule has 0 fully saturated rings. The van der Waals surface area contributed by atoms with E-state index in [-0.39, 0.29) is 11.4 Å². The van der Waals surface area contributed by atoms with Crippen molar-refractivity contribution in [3.63, 3.8) is 0 Å². The summed E-state index contributed by atoms with van der Waals surface area (Å²) < 4.78 is 5.82. The van der Waals surface area contributed by atoms with Crippen LogP contribution in [-0.2, 0) is 0 Å². The summed E-state index contributed by atoms with van der Waals surface area (Å²) in [5.41, 5.74) is 0.421.